The first-order valence-electron chi connectivity index (χ1n) is 3.92. The molecule has 1 aromatic heterocycles. The highest BCUT2D eigenvalue weighted by Gasteiger charge is 2.21. The van der Waals surface area contributed by atoms with E-state index in [1.165, 1.54) is 0 Å². The Balaban J connectivity index is 2.16. The van der Waals surface area contributed by atoms with Gasteiger partial charge in [0.2, 0.25) is 11.7 Å². The van der Waals surface area contributed by atoms with Gasteiger partial charge in [0.25, 0.3) is 0 Å². The first kappa shape index (κ1) is 7.42. The third-order valence-corrected chi connectivity index (χ3v) is 1.92. The van der Waals surface area contributed by atoms with E-state index in [9.17, 15) is 4.79 Å². The second-order valence-electron chi connectivity index (χ2n) is 2.76. The quantitative estimate of drug-likeness (QED) is 0.642. The van der Waals surface area contributed by atoms with E-state index in [2.05, 4.69) is 15.5 Å². The van der Waals surface area contributed by atoms with E-state index >= 15 is 0 Å². The van der Waals surface area contributed by atoms with Crippen molar-refractivity contribution >= 4 is 6.29 Å². The predicted molar refractivity (Wildman–Crippen MR) is 39.7 cm³/mol. The van der Waals surface area contributed by atoms with Crippen LogP contribution in [0.4, 0.5) is 0 Å². The van der Waals surface area contributed by atoms with Gasteiger partial charge in [0.05, 0.1) is 6.04 Å². The topological polar surface area (TPSA) is 68.0 Å². The number of nitrogens with one attached hydrogen (secondary N) is 1. The zero-order valence-corrected chi connectivity index (χ0v) is 6.49. The fourth-order valence-corrected chi connectivity index (χ4v) is 1.33. The molecule has 64 valence electrons. The summed E-state index contributed by atoms with van der Waals surface area (Å²) in [6.45, 7) is 0.976. The van der Waals surface area contributed by atoms with Gasteiger partial charge >= 0.3 is 0 Å². The van der Waals surface area contributed by atoms with Gasteiger partial charge in [-0.15, -0.1) is 0 Å². The third kappa shape index (κ3) is 1.23. The molecule has 2 rings (SSSR count). The Kier molecular flexibility index (Phi) is 1.87. The number of hydrogen-bond acceptors (Lipinski definition) is 5. The van der Waals surface area contributed by atoms with Crippen molar-refractivity contribution in [1.29, 1.82) is 0 Å². The highest BCUT2D eigenvalue weighted by molar-refractivity contribution is 5.68. The maximum Gasteiger partial charge on any atom is 0.244 e. The summed E-state index contributed by atoms with van der Waals surface area (Å²) in [6.07, 6.45) is 2.70. The Bertz CT molecular complexity index is 278. The van der Waals surface area contributed by atoms with E-state index in [1.54, 1.807) is 0 Å². The van der Waals surface area contributed by atoms with Gasteiger partial charge in [-0.3, -0.25) is 4.79 Å². The highest BCUT2D eigenvalue weighted by atomic mass is 16.5. The molecule has 0 aromatic carbocycles. The van der Waals surface area contributed by atoms with Crippen molar-refractivity contribution in [3.05, 3.63) is 11.7 Å². The van der Waals surface area contributed by atoms with Crippen molar-refractivity contribution < 1.29 is 9.32 Å². The van der Waals surface area contributed by atoms with Crippen LogP contribution in [0.5, 0.6) is 0 Å². The summed E-state index contributed by atoms with van der Waals surface area (Å²) >= 11 is 0. The number of aromatic nitrogens is 2. The highest BCUT2D eigenvalue weighted by Crippen LogP contribution is 2.20. The van der Waals surface area contributed by atoms with Crippen molar-refractivity contribution in [2.24, 2.45) is 0 Å². The smallest absolute Gasteiger partial charge is 0.244 e. The molecule has 5 nitrogen and oxygen atoms in total. The lowest BCUT2D eigenvalue weighted by molar-refractivity contribution is 0.111. The van der Waals surface area contributed by atoms with Crippen LogP contribution in [0.1, 0.15) is 35.4 Å². The molecule has 0 aliphatic carbocycles. The molecule has 1 fully saturated rings. The predicted octanol–water partition coefficient (Wildman–Crippen LogP) is 0.307. The minimum absolute atomic E-state index is 0.124. The molecule has 1 aliphatic heterocycles. The van der Waals surface area contributed by atoms with E-state index < -0.39 is 0 Å². The molecule has 1 atom stereocenters. The molecule has 1 N–H and O–H groups in total. The average molecular weight is 167 g/mol. The van der Waals surface area contributed by atoms with Gasteiger partial charge in [-0.05, 0) is 19.4 Å². The van der Waals surface area contributed by atoms with E-state index in [4.69, 9.17) is 4.52 Å². The molecular weight excluding hydrogens is 158 g/mol. The van der Waals surface area contributed by atoms with Crippen molar-refractivity contribution in [2.45, 2.75) is 18.9 Å². The average Bonchev–Trinajstić information content (AvgIpc) is 2.75. The third-order valence-electron chi connectivity index (χ3n) is 1.92. The largest absolute Gasteiger partial charge is 0.337 e. The minimum atomic E-state index is 0.124. The molecule has 0 bridgehead atoms. The number of carbonyl (C=O) groups excluding carboxylic acids is 1. The molecule has 5 heteroatoms. The normalized spacial score (nSPS) is 22.8. The zero-order valence-electron chi connectivity index (χ0n) is 6.49. The maximum absolute atomic E-state index is 10.2. The number of rotatable bonds is 2. The van der Waals surface area contributed by atoms with Crippen LogP contribution in [-0.4, -0.2) is 23.0 Å². The van der Waals surface area contributed by atoms with Gasteiger partial charge in [-0.1, -0.05) is 5.16 Å². The molecule has 0 spiro atoms. The Morgan fingerprint density at radius 2 is 2.58 bits per heavy atom. The van der Waals surface area contributed by atoms with Crippen LogP contribution in [-0.2, 0) is 0 Å². The fourth-order valence-electron chi connectivity index (χ4n) is 1.33. The van der Waals surface area contributed by atoms with Crippen LogP contribution in [0.25, 0.3) is 0 Å². The summed E-state index contributed by atoms with van der Waals surface area (Å²) < 4.78 is 4.88. The van der Waals surface area contributed by atoms with Gasteiger partial charge < -0.3 is 9.84 Å². The lowest BCUT2D eigenvalue weighted by Crippen LogP contribution is -2.13. The van der Waals surface area contributed by atoms with Gasteiger partial charge in [-0.25, -0.2) is 0 Å². The molecular formula is C7H9N3O2. The molecule has 12 heavy (non-hydrogen) atoms. The van der Waals surface area contributed by atoms with Crippen molar-refractivity contribution in [3.8, 4) is 0 Å². The number of nitrogens with zero attached hydrogens (tertiary/aromatic N) is 2. The van der Waals surface area contributed by atoms with Crippen LogP contribution >= 0.6 is 0 Å². The molecule has 0 radical (unpaired) electrons. The molecule has 1 aliphatic rings. The lowest BCUT2D eigenvalue weighted by Gasteiger charge is -2.00. The Morgan fingerprint density at radius 1 is 1.67 bits per heavy atom. The fraction of sp³-hybridized carbons (Fsp3) is 0.571. The summed E-state index contributed by atoms with van der Waals surface area (Å²) in [7, 11) is 0. The first-order chi connectivity index (χ1) is 5.90. The molecule has 1 saturated heterocycles. The number of hydrogen-bond donors (Lipinski definition) is 1. The summed E-state index contributed by atoms with van der Waals surface area (Å²) in [6, 6.07) is 0.145. The number of carbonyl (C=O) groups is 1. The standard InChI is InChI=1S/C7H9N3O2/c11-4-6-9-7(12-10-6)5-2-1-3-8-5/h4-5,8H,1-3H2. The van der Waals surface area contributed by atoms with Gasteiger partial charge in [0.1, 0.15) is 0 Å². The molecule has 0 saturated carbocycles. The van der Waals surface area contributed by atoms with Gasteiger partial charge in [0, 0.05) is 0 Å². The second-order valence-corrected chi connectivity index (χ2v) is 2.76. The van der Waals surface area contributed by atoms with E-state index in [-0.39, 0.29) is 11.9 Å². The Hall–Kier alpha value is -1.23. The molecule has 2 heterocycles. The zero-order chi connectivity index (χ0) is 8.39. The Labute approximate surface area is 69.1 Å². The summed E-state index contributed by atoms with van der Waals surface area (Å²) in [5.74, 6) is 0.647. The van der Waals surface area contributed by atoms with Crippen LogP contribution in [0.2, 0.25) is 0 Å². The monoisotopic (exact) mass is 167 g/mol. The number of aldehydes is 1. The van der Waals surface area contributed by atoms with Crippen LogP contribution in [0.3, 0.4) is 0 Å². The summed E-state index contributed by atoms with van der Waals surface area (Å²) in [5, 5.41) is 6.68. The molecule has 1 unspecified atom stereocenters. The SMILES string of the molecule is O=Cc1noc(C2CCCN2)n1. The van der Waals surface area contributed by atoms with Gasteiger partial charge in [0.15, 0.2) is 6.29 Å². The van der Waals surface area contributed by atoms with Gasteiger partial charge in [-0.2, -0.15) is 4.98 Å². The van der Waals surface area contributed by atoms with E-state index in [0.29, 0.717) is 12.2 Å². The van der Waals surface area contributed by atoms with Crippen molar-refractivity contribution in [2.75, 3.05) is 6.54 Å². The summed E-state index contributed by atoms with van der Waals surface area (Å²) in [4.78, 5) is 14.1. The minimum Gasteiger partial charge on any atom is -0.337 e. The van der Waals surface area contributed by atoms with Crippen LogP contribution in [0, 0.1) is 0 Å². The summed E-state index contributed by atoms with van der Waals surface area (Å²) in [5.41, 5.74) is 0. The van der Waals surface area contributed by atoms with Crippen molar-refractivity contribution in [3.63, 3.8) is 0 Å². The first-order valence-corrected chi connectivity index (χ1v) is 3.92. The lowest BCUT2D eigenvalue weighted by atomic mass is 10.2. The molecule has 1 aromatic rings. The van der Waals surface area contributed by atoms with E-state index in [0.717, 1.165) is 19.4 Å². The maximum atomic E-state index is 10.2. The van der Waals surface area contributed by atoms with Crippen molar-refractivity contribution in [1.82, 2.24) is 15.5 Å². The Morgan fingerprint density at radius 3 is 3.17 bits per heavy atom. The second kappa shape index (κ2) is 3.02. The van der Waals surface area contributed by atoms with Crippen LogP contribution in [0.15, 0.2) is 4.52 Å². The van der Waals surface area contributed by atoms with Crippen LogP contribution < -0.4 is 5.32 Å². The molecule has 0 amide bonds. The van der Waals surface area contributed by atoms with E-state index in [1.807, 2.05) is 0 Å².